The molecule has 30 heavy (non-hydrogen) atoms. The SMILES string of the molecule is CCC(C(=O)NC(C)(C)C)N(Cc1ccccc1Cl)C(=O)COc1ccc(C)cc1. The molecule has 2 aromatic rings. The van der Waals surface area contributed by atoms with Crippen LogP contribution >= 0.6 is 11.6 Å². The summed E-state index contributed by atoms with van der Waals surface area (Å²) < 4.78 is 5.69. The molecule has 1 atom stereocenters. The summed E-state index contributed by atoms with van der Waals surface area (Å²) in [6, 6.07) is 14.2. The molecule has 5 nitrogen and oxygen atoms in total. The fourth-order valence-electron chi connectivity index (χ4n) is 3.05. The molecule has 2 aromatic carbocycles. The average Bonchev–Trinajstić information content (AvgIpc) is 2.67. The standard InChI is InChI=1S/C24H31ClN2O3/c1-6-21(23(29)26-24(3,4)5)27(15-18-9-7-8-10-20(18)25)22(28)16-30-19-13-11-17(2)12-14-19/h7-14,21H,6,15-16H2,1-5H3,(H,26,29). The summed E-state index contributed by atoms with van der Waals surface area (Å²) in [5, 5.41) is 3.54. The van der Waals surface area contributed by atoms with Gasteiger partial charge in [-0.3, -0.25) is 9.59 Å². The van der Waals surface area contributed by atoms with Gasteiger partial charge in [-0.2, -0.15) is 0 Å². The number of halogens is 1. The summed E-state index contributed by atoms with van der Waals surface area (Å²) in [6.45, 7) is 9.69. The molecule has 162 valence electrons. The van der Waals surface area contributed by atoms with Gasteiger partial charge in [-0.25, -0.2) is 0 Å². The first-order chi connectivity index (χ1) is 14.1. The van der Waals surface area contributed by atoms with E-state index in [1.165, 1.54) is 0 Å². The minimum absolute atomic E-state index is 0.160. The lowest BCUT2D eigenvalue weighted by Gasteiger charge is -2.33. The van der Waals surface area contributed by atoms with Gasteiger partial charge in [0, 0.05) is 17.1 Å². The van der Waals surface area contributed by atoms with E-state index in [4.69, 9.17) is 16.3 Å². The highest BCUT2D eigenvalue weighted by Crippen LogP contribution is 2.20. The van der Waals surface area contributed by atoms with E-state index in [0.29, 0.717) is 17.2 Å². The Bertz CT molecular complexity index is 859. The number of aryl methyl sites for hydroxylation is 1. The maximum atomic E-state index is 13.1. The van der Waals surface area contributed by atoms with Crippen molar-refractivity contribution in [3.8, 4) is 5.75 Å². The molecule has 0 heterocycles. The lowest BCUT2D eigenvalue weighted by Crippen LogP contribution is -2.54. The topological polar surface area (TPSA) is 58.6 Å². The monoisotopic (exact) mass is 430 g/mol. The normalized spacial score (nSPS) is 12.2. The molecular formula is C24H31ClN2O3. The maximum absolute atomic E-state index is 13.1. The first kappa shape index (κ1) is 23.7. The smallest absolute Gasteiger partial charge is 0.261 e. The molecule has 2 amide bonds. The molecular weight excluding hydrogens is 400 g/mol. The van der Waals surface area contributed by atoms with Crippen LogP contribution in [0.4, 0.5) is 0 Å². The summed E-state index contributed by atoms with van der Waals surface area (Å²) in [4.78, 5) is 27.6. The Morgan fingerprint density at radius 1 is 1.10 bits per heavy atom. The number of benzene rings is 2. The van der Waals surface area contributed by atoms with E-state index in [1.807, 2.05) is 77.1 Å². The van der Waals surface area contributed by atoms with Gasteiger partial charge in [-0.1, -0.05) is 54.4 Å². The maximum Gasteiger partial charge on any atom is 0.261 e. The fourth-order valence-corrected chi connectivity index (χ4v) is 3.24. The minimum Gasteiger partial charge on any atom is -0.484 e. The van der Waals surface area contributed by atoms with Crippen molar-refractivity contribution in [2.75, 3.05) is 6.61 Å². The summed E-state index contributed by atoms with van der Waals surface area (Å²) in [7, 11) is 0. The third-order valence-electron chi connectivity index (χ3n) is 4.57. The van der Waals surface area contributed by atoms with Crippen molar-refractivity contribution < 1.29 is 14.3 Å². The van der Waals surface area contributed by atoms with Crippen molar-refractivity contribution in [3.63, 3.8) is 0 Å². The Morgan fingerprint density at radius 2 is 1.73 bits per heavy atom. The predicted octanol–water partition coefficient (Wildman–Crippen LogP) is 4.75. The number of carbonyl (C=O) groups excluding carboxylic acids is 2. The van der Waals surface area contributed by atoms with Gasteiger partial charge < -0.3 is 15.0 Å². The Kier molecular flexibility index (Phi) is 8.30. The number of amides is 2. The third-order valence-corrected chi connectivity index (χ3v) is 4.93. The van der Waals surface area contributed by atoms with Crippen LogP contribution in [0.2, 0.25) is 5.02 Å². The lowest BCUT2D eigenvalue weighted by atomic mass is 10.1. The van der Waals surface area contributed by atoms with Crippen LogP contribution in [-0.2, 0) is 16.1 Å². The van der Waals surface area contributed by atoms with E-state index >= 15 is 0 Å². The number of nitrogens with one attached hydrogen (secondary N) is 1. The molecule has 0 radical (unpaired) electrons. The van der Waals surface area contributed by atoms with Crippen LogP contribution in [0.15, 0.2) is 48.5 Å². The van der Waals surface area contributed by atoms with Crippen LogP contribution < -0.4 is 10.1 Å². The number of ether oxygens (including phenoxy) is 1. The van der Waals surface area contributed by atoms with E-state index in [1.54, 1.807) is 11.0 Å². The molecule has 0 spiro atoms. The molecule has 0 saturated heterocycles. The second-order valence-electron chi connectivity index (χ2n) is 8.38. The molecule has 0 aliphatic heterocycles. The lowest BCUT2D eigenvalue weighted by molar-refractivity contribution is -0.143. The molecule has 6 heteroatoms. The van der Waals surface area contributed by atoms with Crippen molar-refractivity contribution in [3.05, 3.63) is 64.7 Å². The van der Waals surface area contributed by atoms with Crippen molar-refractivity contribution in [1.29, 1.82) is 0 Å². The van der Waals surface area contributed by atoms with Crippen molar-refractivity contribution >= 4 is 23.4 Å². The third kappa shape index (κ3) is 7.06. The van der Waals surface area contributed by atoms with Gasteiger partial charge in [-0.05, 0) is 57.9 Å². The molecule has 0 aliphatic rings. The van der Waals surface area contributed by atoms with E-state index in [2.05, 4.69) is 5.32 Å². The Balaban J connectivity index is 2.24. The number of nitrogens with zero attached hydrogens (tertiary/aromatic N) is 1. The Hall–Kier alpha value is -2.53. The van der Waals surface area contributed by atoms with Crippen LogP contribution in [-0.4, -0.2) is 34.9 Å². The van der Waals surface area contributed by atoms with E-state index in [0.717, 1.165) is 11.1 Å². The predicted molar refractivity (Wildman–Crippen MR) is 121 cm³/mol. The number of hydrogen-bond donors (Lipinski definition) is 1. The van der Waals surface area contributed by atoms with Crippen LogP contribution in [0.5, 0.6) is 5.75 Å². The fraction of sp³-hybridized carbons (Fsp3) is 0.417. The van der Waals surface area contributed by atoms with Gasteiger partial charge in [-0.15, -0.1) is 0 Å². The van der Waals surface area contributed by atoms with Crippen LogP contribution in [0.25, 0.3) is 0 Å². The zero-order chi connectivity index (χ0) is 22.3. The van der Waals surface area contributed by atoms with E-state index < -0.39 is 11.6 Å². The summed E-state index contributed by atoms with van der Waals surface area (Å²) in [5.41, 5.74) is 1.49. The van der Waals surface area contributed by atoms with E-state index in [9.17, 15) is 9.59 Å². The molecule has 0 fully saturated rings. The van der Waals surface area contributed by atoms with Gasteiger partial charge in [0.15, 0.2) is 6.61 Å². The summed E-state index contributed by atoms with van der Waals surface area (Å²) >= 11 is 6.32. The Morgan fingerprint density at radius 3 is 2.30 bits per heavy atom. The highest BCUT2D eigenvalue weighted by molar-refractivity contribution is 6.31. The molecule has 0 saturated carbocycles. The molecule has 0 aliphatic carbocycles. The highest BCUT2D eigenvalue weighted by Gasteiger charge is 2.31. The zero-order valence-electron chi connectivity index (χ0n) is 18.4. The van der Waals surface area contributed by atoms with Crippen LogP contribution in [0.1, 0.15) is 45.2 Å². The van der Waals surface area contributed by atoms with Crippen LogP contribution in [0, 0.1) is 6.92 Å². The van der Waals surface area contributed by atoms with Crippen molar-refractivity contribution in [2.24, 2.45) is 0 Å². The Labute approximate surface area is 184 Å². The van der Waals surface area contributed by atoms with E-state index in [-0.39, 0.29) is 25.0 Å². The quantitative estimate of drug-likeness (QED) is 0.657. The minimum atomic E-state index is -0.630. The molecule has 2 rings (SSSR count). The van der Waals surface area contributed by atoms with Crippen molar-refractivity contribution in [1.82, 2.24) is 10.2 Å². The second-order valence-corrected chi connectivity index (χ2v) is 8.79. The second kappa shape index (κ2) is 10.5. The van der Waals surface area contributed by atoms with Gasteiger partial charge >= 0.3 is 0 Å². The average molecular weight is 431 g/mol. The highest BCUT2D eigenvalue weighted by atomic mass is 35.5. The number of carbonyl (C=O) groups is 2. The first-order valence-electron chi connectivity index (χ1n) is 10.1. The zero-order valence-corrected chi connectivity index (χ0v) is 19.1. The molecule has 1 N–H and O–H groups in total. The molecule has 0 bridgehead atoms. The number of hydrogen-bond acceptors (Lipinski definition) is 3. The molecule has 0 aromatic heterocycles. The largest absolute Gasteiger partial charge is 0.484 e. The van der Waals surface area contributed by atoms with Gasteiger partial charge in [0.25, 0.3) is 5.91 Å². The van der Waals surface area contributed by atoms with Crippen LogP contribution in [0.3, 0.4) is 0 Å². The summed E-state index contributed by atoms with van der Waals surface area (Å²) in [6.07, 6.45) is 0.475. The first-order valence-corrected chi connectivity index (χ1v) is 10.5. The molecule has 1 unspecified atom stereocenters. The van der Waals surface area contributed by atoms with Crippen molar-refractivity contribution in [2.45, 2.75) is 59.2 Å². The summed E-state index contributed by atoms with van der Waals surface area (Å²) in [5.74, 6) is 0.144. The number of rotatable bonds is 8. The van der Waals surface area contributed by atoms with Gasteiger partial charge in [0.05, 0.1) is 0 Å². The van der Waals surface area contributed by atoms with Gasteiger partial charge in [0.1, 0.15) is 11.8 Å². The van der Waals surface area contributed by atoms with Gasteiger partial charge in [0.2, 0.25) is 5.91 Å².